The lowest BCUT2D eigenvalue weighted by Crippen LogP contribution is -2.51. The third kappa shape index (κ3) is 6.80. The third-order valence-electron chi connectivity index (χ3n) is 2.71. The summed E-state index contributed by atoms with van der Waals surface area (Å²) in [7, 11) is 1.66. The maximum atomic E-state index is 11.7. The Bertz CT molecular complexity index is 205. The van der Waals surface area contributed by atoms with Gasteiger partial charge in [-0.1, -0.05) is 6.92 Å². The van der Waals surface area contributed by atoms with Crippen LogP contribution >= 0.6 is 0 Å². The van der Waals surface area contributed by atoms with Crippen molar-refractivity contribution in [2.45, 2.75) is 52.1 Å². The molecule has 0 aromatic rings. The van der Waals surface area contributed by atoms with Gasteiger partial charge in [0.2, 0.25) is 5.91 Å². The average molecular weight is 230 g/mol. The molecular formula is C12H26N2O2. The summed E-state index contributed by atoms with van der Waals surface area (Å²) in [5, 5.41) is 6.19. The normalized spacial score (nSPS) is 13.6. The van der Waals surface area contributed by atoms with Crippen LogP contribution in [0.5, 0.6) is 0 Å². The molecule has 0 aliphatic rings. The van der Waals surface area contributed by atoms with E-state index in [0.29, 0.717) is 13.2 Å². The molecule has 1 amide bonds. The fourth-order valence-electron chi connectivity index (χ4n) is 1.33. The van der Waals surface area contributed by atoms with Crippen molar-refractivity contribution in [1.29, 1.82) is 0 Å². The summed E-state index contributed by atoms with van der Waals surface area (Å²) in [4.78, 5) is 11.7. The van der Waals surface area contributed by atoms with Gasteiger partial charge >= 0.3 is 0 Å². The number of hydrogen-bond acceptors (Lipinski definition) is 3. The van der Waals surface area contributed by atoms with Gasteiger partial charge in [-0.15, -0.1) is 0 Å². The van der Waals surface area contributed by atoms with Crippen molar-refractivity contribution in [3.05, 3.63) is 0 Å². The molecule has 1 unspecified atom stereocenters. The number of hydrogen-bond donors (Lipinski definition) is 2. The highest BCUT2D eigenvalue weighted by atomic mass is 16.5. The lowest BCUT2D eigenvalue weighted by molar-refractivity contribution is -0.123. The van der Waals surface area contributed by atoms with Gasteiger partial charge < -0.3 is 15.4 Å². The summed E-state index contributed by atoms with van der Waals surface area (Å²) in [5.41, 5.74) is 0.00326. The predicted octanol–water partition coefficient (Wildman–Crippen LogP) is 1.31. The zero-order valence-corrected chi connectivity index (χ0v) is 11.2. The minimum absolute atomic E-state index is 0.00326. The summed E-state index contributed by atoms with van der Waals surface area (Å²) >= 11 is 0. The minimum atomic E-state index is -0.155. The number of carbonyl (C=O) groups excluding carboxylic acids is 1. The highest BCUT2D eigenvalue weighted by Gasteiger charge is 2.21. The Morgan fingerprint density at radius 1 is 1.44 bits per heavy atom. The van der Waals surface area contributed by atoms with Crippen LogP contribution in [0.3, 0.4) is 0 Å². The van der Waals surface area contributed by atoms with E-state index < -0.39 is 0 Å². The van der Waals surface area contributed by atoms with Crippen molar-refractivity contribution in [1.82, 2.24) is 10.6 Å². The third-order valence-corrected chi connectivity index (χ3v) is 2.71. The molecule has 0 aliphatic carbocycles. The molecule has 4 nitrogen and oxygen atoms in total. The molecule has 0 aromatic heterocycles. The molecule has 0 saturated carbocycles. The van der Waals surface area contributed by atoms with Gasteiger partial charge in [0, 0.05) is 25.8 Å². The van der Waals surface area contributed by atoms with Gasteiger partial charge in [-0.3, -0.25) is 4.79 Å². The molecule has 0 fully saturated rings. The van der Waals surface area contributed by atoms with Gasteiger partial charge in [-0.25, -0.2) is 0 Å². The van der Waals surface area contributed by atoms with Crippen LogP contribution in [0.2, 0.25) is 0 Å². The van der Waals surface area contributed by atoms with Gasteiger partial charge in [0.05, 0.1) is 6.04 Å². The van der Waals surface area contributed by atoms with Gasteiger partial charge in [0.15, 0.2) is 0 Å². The van der Waals surface area contributed by atoms with Crippen LogP contribution in [0, 0.1) is 0 Å². The van der Waals surface area contributed by atoms with Gasteiger partial charge in [0.1, 0.15) is 0 Å². The number of rotatable bonds is 8. The van der Waals surface area contributed by atoms with E-state index >= 15 is 0 Å². The quantitative estimate of drug-likeness (QED) is 0.618. The molecular weight excluding hydrogens is 204 g/mol. The second-order valence-corrected chi connectivity index (χ2v) is 4.74. The van der Waals surface area contributed by atoms with E-state index in [4.69, 9.17) is 4.74 Å². The molecule has 0 rings (SSSR count). The lowest BCUT2D eigenvalue weighted by atomic mass is 10.0. The maximum Gasteiger partial charge on any atom is 0.236 e. The highest BCUT2D eigenvalue weighted by molar-refractivity contribution is 5.81. The molecule has 16 heavy (non-hydrogen) atoms. The van der Waals surface area contributed by atoms with Gasteiger partial charge in [-0.05, 0) is 33.6 Å². The molecule has 1 atom stereocenters. The summed E-state index contributed by atoms with van der Waals surface area (Å²) in [6.07, 6.45) is 1.85. The molecule has 96 valence electrons. The first-order valence-corrected chi connectivity index (χ1v) is 5.97. The highest BCUT2D eigenvalue weighted by Crippen LogP contribution is 2.08. The summed E-state index contributed by atoms with van der Waals surface area (Å²) in [6, 6.07) is -0.155. The van der Waals surface area contributed by atoms with Crippen LogP contribution in [-0.2, 0) is 9.53 Å². The number of methoxy groups -OCH3 is 1. The molecule has 0 bridgehead atoms. The number of nitrogens with one attached hydrogen (secondary N) is 2. The molecule has 4 heteroatoms. The summed E-state index contributed by atoms with van der Waals surface area (Å²) < 4.78 is 4.92. The van der Waals surface area contributed by atoms with Crippen molar-refractivity contribution < 1.29 is 9.53 Å². The van der Waals surface area contributed by atoms with Crippen LogP contribution in [0.25, 0.3) is 0 Å². The van der Waals surface area contributed by atoms with Crippen LogP contribution in [-0.4, -0.2) is 37.7 Å². The van der Waals surface area contributed by atoms with Crippen molar-refractivity contribution in [3.63, 3.8) is 0 Å². The Morgan fingerprint density at radius 2 is 2.06 bits per heavy atom. The monoisotopic (exact) mass is 230 g/mol. The zero-order valence-electron chi connectivity index (χ0n) is 11.2. The van der Waals surface area contributed by atoms with E-state index in [-0.39, 0.29) is 17.5 Å². The first kappa shape index (κ1) is 15.4. The Hall–Kier alpha value is -0.610. The summed E-state index contributed by atoms with van der Waals surface area (Å²) in [5.74, 6) is 0.0534. The first-order chi connectivity index (χ1) is 7.43. The first-order valence-electron chi connectivity index (χ1n) is 5.97. The molecule has 0 spiro atoms. The Balaban J connectivity index is 3.82. The molecule has 0 heterocycles. The van der Waals surface area contributed by atoms with E-state index in [1.807, 2.05) is 6.92 Å². The van der Waals surface area contributed by atoms with E-state index in [9.17, 15) is 4.79 Å². The second-order valence-electron chi connectivity index (χ2n) is 4.74. The predicted molar refractivity (Wildman–Crippen MR) is 66.5 cm³/mol. The van der Waals surface area contributed by atoms with E-state index in [2.05, 4.69) is 31.4 Å². The average Bonchev–Trinajstić information content (AvgIpc) is 2.23. The van der Waals surface area contributed by atoms with Gasteiger partial charge in [0.25, 0.3) is 0 Å². The topological polar surface area (TPSA) is 50.4 Å². The smallest absolute Gasteiger partial charge is 0.236 e. The fourth-order valence-corrected chi connectivity index (χ4v) is 1.33. The lowest BCUT2D eigenvalue weighted by Gasteiger charge is -2.28. The van der Waals surface area contributed by atoms with Gasteiger partial charge in [-0.2, -0.15) is 0 Å². The van der Waals surface area contributed by atoms with E-state index in [1.54, 1.807) is 7.11 Å². The zero-order chi connectivity index (χ0) is 12.6. The van der Waals surface area contributed by atoms with Crippen LogP contribution in [0.4, 0.5) is 0 Å². The Morgan fingerprint density at radius 3 is 2.56 bits per heavy atom. The largest absolute Gasteiger partial charge is 0.385 e. The second kappa shape index (κ2) is 7.63. The number of amides is 1. The van der Waals surface area contributed by atoms with Crippen molar-refractivity contribution in [2.75, 3.05) is 20.3 Å². The van der Waals surface area contributed by atoms with E-state index in [1.165, 1.54) is 0 Å². The van der Waals surface area contributed by atoms with Crippen LogP contribution in [0.15, 0.2) is 0 Å². The molecule has 0 radical (unpaired) electrons. The Kier molecular flexibility index (Phi) is 7.34. The van der Waals surface area contributed by atoms with Crippen molar-refractivity contribution >= 4 is 5.91 Å². The van der Waals surface area contributed by atoms with Crippen LogP contribution < -0.4 is 10.6 Å². The number of ether oxygens (including phenoxy) is 1. The summed E-state index contributed by atoms with van der Waals surface area (Å²) in [6.45, 7) is 9.55. The standard InChI is InChI=1S/C12H26N2O2/c1-6-12(3,4)14-10(2)11(15)13-8-7-9-16-5/h10,14H,6-9H2,1-5H3,(H,13,15). The molecule has 0 aliphatic heterocycles. The number of carbonyl (C=O) groups is 1. The molecule has 0 aromatic carbocycles. The molecule has 2 N–H and O–H groups in total. The van der Waals surface area contributed by atoms with E-state index in [0.717, 1.165) is 12.8 Å². The Labute approximate surface area is 99.1 Å². The fraction of sp³-hybridized carbons (Fsp3) is 0.917. The SMILES string of the molecule is CCC(C)(C)NC(C)C(=O)NCCCOC. The minimum Gasteiger partial charge on any atom is -0.385 e. The van der Waals surface area contributed by atoms with Crippen molar-refractivity contribution in [3.8, 4) is 0 Å². The van der Waals surface area contributed by atoms with Crippen LogP contribution in [0.1, 0.15) is 40.5 Å². The molecule has 0 saturated heterocycles. The maximum absolute atomic E-state index is 11.7. The van der Waals surface area contributed by atoms with Crippen molar-refractivity contribution in [2.24, 2.45) is 0 Å².